The number of halogens is 1. The molecule has 1 fully saturated rings. The molecule has 2 rings (SSSR count). The van der Waals surface area contributed by atoms with E-state index in [0.717, 1.165) is 12.8 Å². The second-order valence-corrected chi connectivity index (χ2v) is 5.58. The van der Waals surface area contributed by atoms with Gasteiger partial charge in [-0.25, -0.2) is 4.39 Å². The maximum absolute atomic E-state index is 13.6. The van der Waals surface area contributed by atoms with Crippen LogP contribution in [0.25, 0.3) is 0 Å². The van der Waals surface area contributed by atoms with Gasteiger partial charge in [0.25, 0.3) is 0 Å². The van der Waals surface area contributed by atoms with E-state index in [0.29, 0.717) is 15.8 Å². The molecule has 16 heavy (non-hydrogen) atoms. The van der Waals surface area contributed by atoms with Crippen molar-refractivity contribution in [3.63, 3.8) is 0 Å². The Morgan fingerprint density at radius 1 is 1.25 bits per heavy atom. The summed E-state index contributed by atoms with van der Waals surface area (Å²) in [6.07, 6.45) is 4.52. The van der Waals surface area contributed by atoms with Crippen molar-refractivity contribution in [2.24, 2.45) is 5.73 Å². The minimum Gasteiger partial charge on any atom is -0.399 e. The van der Waals surface area contributed by atoms with Crippen LogP contribution in [0.15, 0.2) is 23.1 Å². The zero-order valence-corrected chi connectivity index (χ0v) is 9.97. The second kappa shape index (κ2) is 5.06. The van der Waals surface area contributed by atoms with Gasteiger partial charge < -0.3 is 11.5 Å². The zero-order chi connectivity index (χ0) is 11.5. The van der Waals surface area contributed by atoms with E-state index in [4.69, 9.17) is 11.5 Å². The fraction of sp³-hybridized carbons (Fsp3) is 0.500. The van der Waals surface area contributed by atoms with Crippen molar-refractivity contribution in [3.05, 3.63) is 24.0 Å². The number of hydrogen-bond donors (Lipinski definition) is 2. The number of nitrogen functional groups attached to an aromatic ring is 1. The van der Waals surface area contributed by atoms with Crippen molar-refractivity contribution in [2.45, 2.75) is 41.9 Å². The Morgan fingerprint density at radius 2 is 2.00 bits per heavy atom. The van der Waals surface area contributed by atoms with Crippen LogP contribution >= 0.6 is 11.8 Å². The lowest BCUT2D eigenvalue weighted by atomic mass is 9.96. The zero-order valence-electron chi connectivity index (χ0n) is 9.16. The molecule has 1 saturated carbocycles. The largest absolute Gasteiger partial charge is 0.399 e. The van der Waals surface area contributed by atoms with Crippen molar-refractivity contribution in [1.29, 1.82) is 0 Å². The lowest BCUT2D eigenvalue weighted by molar-refractivity contribution is 0.453. The third-order valence-electron chi connectivity index (χ3n) is 2.99. The lowest BCUT2D eigenvalue weighted by Crippen LogP contribution is -2.35. The van der Waals surface area contributed by atoms with Crippen LogP contribution in [0.3, 0.4) is 0 Å². The van der Waals surface area contributed by atoms with Crippen molar-refractivity contribution in [1.82, 2.24) is 0 Å². The van der Waals surface area contributed by atoms with Gasteiger partial charge in [-0.1, -0.05) is 12.8 Å². The van der Waals surface area contributed by atoms with Crippen LogP contribution in [-0.4, -0.2) is 11.3 Å². The first-order chi connectivity index (χ1) is 7.66. The number of anilines is 1. The van der Waals surface area contributed by atoms with Gasteiger partial charge in [0.15, 0.2) is 0 Å². The molecule has 4 heteroatoms. The summed E-state index contributed by atoms with van der Waals surface area (Å²) in [5.74, 6) is -0.234. The predicted molar refractivity (Wildman–Crippen MR) is 66.9 cm³/mol. The Morgan fingerprint density at radius 3 is 2.69 bits per heavy atom. The number of thioether (sulfide) groups is 1. The third kappa shape index (κ3) is 2.68. The molecular weight excluding hydrogens is 223 g/mol. The number of benzene rings is 1. The summed E-state index contributed by atoms with van der Waals surface area (Å²) < 4.78 is 13.6. The number of rotatable bonds is 2. The van der Waals surface area contributed by atoms with Crippen molar-refractivity contribution < 1.29 is 4.39 Å². The first-order valence-corrected chi connectivity index (χ1v) is 6.52. The fourth-order valence-electron chi connectivity index (χ4n) is 2.05. The Labute approximate surface area is 99.6 Å². The topological polar surface area (TPSA) is 52.0 Å². The molecule has 2 atom stereocenters. The Balaban J connectivity index is 2.07. The van der Waals surface area contributed by atoms with E-state index in [9.17, 15) is 4.39 Å². The molecule has 0 spiro atoms. The van der Waals surface area contributed by atoms with E-state index >= 15 is 0 Å². The third-order valence-corrected chi connectivity index (χ3v) is 4.46. The summed E-state index contributed by atoms with van der Waals surface area (Å²) in [5, 5.41) is 0.340. The fourth-order valence-corrected chi connectivity index (χ4v) is 3.29. The molecule has 0 saturated heterocycles. The van der Waals surface area contributed by atoms with Gasteiger partial charge in [-0.2, -0.15) is 0 Å². The minimum atomic E-state index is -0.234. The van der Waals surface area contributed by atoms with Gasteiger partial charge in [-0.05, 0) is 31.0 Å². The molecule has 0 aromatic heterocycles. The summed E-state index contributed by atoms with van der Waals surface area (Å²) in [6, 6.07) is 5.04. The van der Waals surface area contributed by atoms with Crippen LogP contribution in [0.1, 0.15) is 25.7 Å². The highest BCUT2D eigenvalue weighted by atomic mass is 32.2. The summed E-state index contributed by atoms with van der Waals surface area (Å²) in [4.78, 5) is 0.663. The van der Waals surface area contributed by atoms with Gasteiger partial charge >= 0.3 is 0 Å². The predicted octanol–water partition coefficient (Wildman–Crippen LogP) is 2.77. The Bertz CT molecular complexity index is 370. The van der Waals surface area contributed by atoms with Gasteiger partial charge in [0.2, 0.25) is 0 Å². The average molecular weight is 240 g/mol. The molecular formula is C12H17FN2S. The van der Waals surface area contributed by atoms with Crippen LogP contribution in [0, 0.1) is 5.82 Å². The molecule has 0 amide bonds. The summed E-state index contributed by atoms with van der Waals surface area (Å²) >= 11 is 1.55. The molecule has 0 aliphatic heterocycles. The molecule has 88 valence electrons. The molecule has 1 aromatic carbocycles. The van der Waals surface area contributed by atoms with Gasteiger partial charge in [0.05, 0.1) is 0 Å². The molecule has 1 aliphatic carbocycles. The second-order valence-electron chi connectivity index (χ2n) is 4.29. The Kier molecular flexibility index (Phi) is 3.71. The van der Waals surface area contributed by atoms with E-state index < -0.39 is 0 Å². The van der Waals surface area contributed by atoms with E-state index in [1.54, 1.807) is 23.9 Å². The molecule has 0 heterocycles. The maximum Gasteiger partial charge on any atom is 0.138 e. The van der Waals surface area contributed by atoms with E-state index in [2.05, 4.69) is 0 Å². The van der Waals surface area contributed by atoms with Gasteiger partial charge in [0, 0.05) is 21.9 Å². The molecule has 4 N–H and O–H groups in total. The van der Waals surface area contributed by atoms with Gasteiger partial charge in [-0.3, -0.25) is 0 Å². The van der Waals surface area contributed by atoms with Crippen LogP contribution in [0.2, 0.25) is 0 Å². The lowest BCUT2D eigenvalue weighted by Gasteiger charge is -2.28. The van der Waals surface area contributed by atoms with Gasteiger partial charge in [-0.15, -0.1) is 11.8 Å². The van der Waals surface area contributed by atoms with E-state index in [-0.39, 0.29) is 11.9 Å². The molecule has 1 aromatic rings. The van der Waals surface area contributed by atoms with Crippen LogP contribution in [0.4, 0.5) is 10.1 Å². The molecule has 0 bridgehead atoms. The quantitative estimate of drug-likeness (QED) is 0.782. The van der Waals surface area contributed by atoms with Crippen LogP contribution in [-0.2, 0) is 0 Å². The highest BCUT2D eigenvalue weighted by Gasteiger charge is 2.23. The van der Waals surface area contributed by atoms with E-state index in [1.165, 1.54) is 18.9 Å². The SMILES string of the molecule is Nc1ccc(SC2CCCCC2N)c(F)c1. The smallest absolute Gasteiger partial charge is 0.138 e. The monoisotopic (exact) mass is 240 g/mol. The summed E-state index contributed by atoms with van der Waals surface area (Å²) in [5.41, 5.74) is 12.0. The average Bonchev–Trinajstić information content (AvgIpc) is 2.25. The van der Waals surface area contributed by atoms with Crippen LogP contribution in [0.5, 0.6) is 0 Å². The molecule has 2 nitrogen and oxygen atoms in total. The first-order valence-electron chi connectivity index (χ1n) is 5.64. The maximum atomic E-state index is 13.6. The number of hydrogen-bond acceptors (Lipinski definition) is 3. The first kappa shape index (κ1) is 11.7. The summed E-state index contributed by atoms with van der Waals surface area (Å²) in [6.45, 7) is 0. The molecule has 0 radical (unpaired) electrons. The number of nitrogens with two attached hydrogens (primary N) is 2. The van der Waals surface area contributed by atoms with E-state index in [1.807, 2.05) is 0 Å². The molecule has 2 unspecified atom stereocenters. The van der Waals surface area contributed by atoms with Gasteiger partial charge in [0.1, 0.15) is 5.82 Å². The van der Waals surface area contributed by atoms with Crippen molar-refractivity contribution in [3.8, 4) is 0 Å². The van der Waals surface area contributed by atoms with Crippen molar-refractivity contribution >= 4 is 17.4 Å². The van der Waals surface area contributed by atoms with Crippen molar-refractivity contribution in [2.75, 3.05) is 5.73 Å². The Hall–Kier alpha value is -0.740. The normalized spacial score (nSPS) is 25.6. The highest BCUT2D eigenvalue weighted by molar-refractivity contribution is 8.00. The standard InChI is InChI=1S/C12H17FN2S/c13-9-7-8(14)5-6-11(9)16-12-4-2-1-3-10(12)15/h5-7,10,12H,1-4,14-15H2. The highest BCUT2D eigenvalue weighted by Crippen LogP contribution is 2.34. The van der Waals surface area contributed by atoms with Crippen LogP contribution < -0.4 is 11.5 Å². The molecule has 1 aliphatic rings. The summed E-state index contributed by atoms with van der Waals surface area (Å²) in [7, 11) is 0. The minimum absolute atomic E-state index is 0.190.